The quantitative estimate of drug-likeness (QED) is 0.815. The van der Waals surface area contributed by atoms with E-state index in [-0.39, 0.29) is 23.7 Å². The molecule has 2 aliphatic rings. The molecule has 0 bridgehead atoms. The first-order valence-electron chi connectivity index (χ1n) is 8.64. The van der Waals surface area contributed by atoms with Crippen LogP contribution < -0.4 is 21.1 Å². The van der Waals surface area contributed by atoms with Crippen LogP contribution in [-0.2, 0) is 7.05 Å². The Balaban J connectivity index is 1.58. The molecule has 0 radical (unpaired) electrons. The van der Waals surface area contributed by atoms with E-state index in [4.69, 9.17) is 0 Å². The summed E-state index contributed by atoms with van der Waals surface area (Å²) in [6, 6.07) is 0.0203. The van der Waals surface area contributed by atoms with Gasteiger partial charge in [0.2, 0.25) is 0 Å². The summed E-state index contributed by atoms with van der Waals surface area (Å²) < 4.78 is 1.53. The number of piperidine rings is 1. The van der Waals surface area contributed by atoms with E-state index in [9.17, 15) is 9.59 Å². The average molecular weight is 331 g/mol. The molecule has 24 heavy (non-hydrogen) atoms. The lowest BCUT2D eigenvalue weighted by Crippen LogP contribution is -2.53. The van der Waals surface area contributed by atoms with Crippen molar-refractivity contribution < 1.29 is 4.79 Å². The van der Waals surface area contributed by atoms with Gasteiger partial charge in [0.05, 0.1) is 0 Å². The lowest BCUT2D eigenvalue weighted by molar-refractivity contribution is 0.232. The molecular formula is C17H25N5O2. The van der Waals surface area contributed by atoms with Crippen molar-refractivity contribution in [3.63, 3.8) is 0 Å². The maximum atomic E-state index is 12.2. The minimum absolute atomic E-state index is 0.0260. The van der Waals surface area contributed by atoms with E-state index in [2.05, 4.69) is 27.8 Å². The highest BCUT2D eigenvalue weighted by Crippen LogP contribution is 2.15. The monoisotopic (exact) mass is 331 g/mol. The summed E-state index contributed by atoms with van der Waals surface area (Å²) in [5.74, 6) is 0.460. The van der Waals surface area contributed by atoms with Crippen LogP contribution in [0.3, 0.4) is 0 Å². The van der Waals surface area contributed by atoms with E-state index in [1.807, 2.05) is 4.90 Å². The Hall–Kier alpha value is -2.31. The highest BCUT2D eigenvalue weighted by Gasteiger charge is 2.24. The van der Waals surface area contributed by atoms with Crippen LogP contribution in [0.2, 0.25) is 0 Å². The molecule has 7 nitrogen and oxygen atoms in total. The zero-order chi connectivity index (χ0) is 16.9. The first-order chi connectivity index (χ1) is 11.6. The molecule has 0 aromatic carbocycles. The molecule has 2 atom stereocenters. The van der Waals surface area contributed by atoms with Crippen LogP contribution in [0.1, 0.15) is 32.1 Å². The van der Waals surface area contributed by atoms with Gasteiger partial charge in [-0.15, -0.1) is 0 Å². The van der Waals surface area contributed by atoms with Crippen LogP contribution in [0, 0.1) is 0 Å². The van der Waals surface area contributed by atoms with Gasteiger partial charge in [0.1, 0.15) is 0 Å². The van der Waals surface area contributed by atoms with Crippen molar-refractivity contribution in [2.45, 2.75) is 44.2 Å². The molecule has 1 saturated heterocycles. The van der Waals surface area contributed by atoms with Crippen LogP contribution in [0.4, 0.5) is 10.6 Å². The van der Waals surface area contributed by atoms with Crippen LogP contribution >= 0.6 is 0 Å². The summed E-state index contributed by atoms with van der Waals surface area (Å²) in [4.78, 5) is 30.6. The molecule has 0 saturated carbocycles. The first-order valence-corrected chi connectivity index (χ1v) is 8.64. The van der Waals surface area contributed by atoms with Gasteiger partial charge >= 0.3 is 6.03 Å². The summed E-state index contributed by atoms with van der Waals surface area (Å²) in [7, 11) is 1.72. The Morgan fingerprint density at radius 1 is 1.29 bits per heavy atom. The molecule has 0 spiro atoms. The Morgan fingerprint density at radius 3 is 2.96 bits per heavy atom. The van der Waals surface area contributed by atoms with Crippen molar-refractivity contribution in [3.05, 3.63) is 34.9 Å². The van der Waals surface area contributed by atoms with E-state index >= 15 is 0 Å². The van der Waals surface area contributed by atoms with Crippen LogP contribution in [0.25, 0.3) is 0 Å². The smallest absolute Gasteiger partial charge is 0.315 e. The molecule has 1 aromatic heterocycles. The molecule has 2 amide bonds. The molecule has 1 aliphatic carbocycles. The second-order valence-corrected chi connectivity index (χ2v) is 6.54. The van der Waals surface area contributed by atoms with Crippen LogP contribution in [-0.4, -0.2) is 40.8 Å². The fourth-order valence-corrected chi connectivity index (χ4v) is 3.32. The van der Waals surface area contributed by atoms with E-state index in [0.717, 1.165) is 38.6 Å². The van der Waals surface area contributed by atoms with Gasteiger partial charge in [0, 0.05) is 44.6 Å². The summed E-state index contributed by atoms with van der Waals surface area (Å²) >= 11 is 0. The normalized spacial score (nSPS) is 23.8. The van der Waals surface area contributed by atoms with Gasteiger partial charge in [-0.2, -0.15) is 0 Å². The van der Waals surface area contributed by atoms with Gasteiger partial charge in [-0.25, -0.2) is 9.78 Å². The Morgan fingerprint density at radius 2 is 2.17 bits per heavy atom. The minimum atomic E-state index is -0.132. The first kappa shape index (κ1) is 16.5. The third-order valence-corrected chi connectivity index (χ3v) is 4.63. The number of nitrogens with zero attached hydrogens (tertiary/aromatic N) is 3. The maximum absolute atomic E-state index is 12.2. The summed E-state index contributed by atoms with van der Waals surface area (Å²) in [6.45, 7) is 1.40. The predicted octanol–water partition coefficient (Wildman–Crippen LogP) is 1.16. The summed E-state index contributed by atoms with van der Waals surface area (Å²) in [5.41, 5.74) is -0.102. The largest absolute Gasteiger partial charge is 0.350 e. The van der Waals surface area contributed by atoms with Crippen molar-refractivity contribution in [3.8, 4) is 0 Å². The molecule has 3 rings (SSSR count). The Bertz CT molecular complexity index is 669. The fourth-order valence-electron chi connectivity index (χ4n) is 3.32. The number of hydrogen-bond donors (Lipinski definition) is 2. The number of carbonyl (C=O) groups is 1. The van der Waals surface area contributed by atoms with Crippen molar-refractivity contribution in [1.29, 1.82) is 0 Å². The zero-order valence-corrected chi connectivity index (χ0v) is 14.1. The third-order valence-electron chi connectivity index (χ3n) is 4.63. The van der Waals surface area contributed by atoms with E-state index in [1.54, 1.807) is 19.4 Å². The highest BCUT2D eigenvalue weighted by atomic mass is 16.2. The van der Waals surface area contributed by atoms with Crippen molar-refractivity contribution >= 4 is 11.8 Å². The summed E-state index contributed by atoms with van der Waals surface area (Å²) in [6.07, 6.45) is 12.5. The van der Waals surface area contributed by atoms with E-state index in [0.29, 0.717) is 12.4 Å². The zero-order valence-electron chi connectivity index (χ0n) is 14.1. The summed E-state index contributed by atoms with van der Waals surface area (Å²) in [5, 5.41) is 6.04. The Labute approximate surface area is 141 Å². The number of amides is 2. The number of aromatic nitrogens is 2. The van der Waals surface area contributed by atoms with Crippen molar-refractivity contribution in [2.75, 3.05) is 18.0 Å². The second kappa shape index (κ2) is 7.51. The van der Waals surface area contributed by atoms with Gasteiger partial charge < -0.3 is 20.1 Å². The number of hydrogen-bond acceptors (Lipinski definition) is 4. The number of rotatable bonds is 3. The topological polar surface area (TPSA) is 79.3 Å². The second-order valence-electron chi connectivity index (χ2n) is 6.54. The number of anilines is 1. The van der Waals surface area contributed by atoms with Gasteiger partial charge in [-0.1, -0.05) is 12.2 Å². The molecule has 2 unspecified atom stereocenters. The molecule has 1 fully saturated rings. The predicted molar refractivity (Wildman–Crippen MR) is 93.2 cm³/mol. The van der Waals surface area contributed by atoms with Crippen molar-refractivity contribution in [2.24, 2.45) is 7.05 Å². The number of carbonyl (C=O) groups excluding carboxylic acids is 1. The molecule has 2 heterocycles. The number of allylic oxidation sites excluding steroid dienone is 1. The molecule has 1 aromatic rings. The lowest BCUT2D eigenvalue weighted by Gasteiger charge is -2.33. The van der Waals surface area contributed by atoms with Gasteiger partial charge in [-0.3, -0.25) is 4.79 Å². The Kier molecular flexibility index (Phi) is 5.17. The standard InChI is InChI=1S/C17H25N5O2/c1-21-11-9-18-15(16(21)23)22-10-5-8-14(12-22)20-17(24)19-13-6-3-2-4-7-13/h3,6,9,11,13-14H,2,4-5,7-8,10,12H2,1H3,(H2,19,20,24). The molecule has 130 valence electrons. The molecular weight excluding hydrogens is 306 g/mol. The van der Waals surface area contributed by atoms with Gasteiger partial charge in [0.15, 0.2) is 5.82 Å². The molecule has 2 N–H and O–H groups in total. The SMILES string of the molecule is Cn1ccnc(N2CCCC(NC(=O)NC3C=CCCC3)C2)c1=O. The number of nitrogens with one attached hydrogen (secondary N) is 2. The van der Waals surface area contributed by atoms with E-state index in [1.165, 1.54) is 4.57 Å². The van der Waals surface area contributed by atoms with Crippen LogP contribution in [0.5, 0.6) is 0 Å². The lowest BCUT2D eigenvalue weighted by atomic mass is 10.0. The fraction of sp³-hybridized carbons (Fsp3) is 0.588. The molecule has 1 aliphatic heterocycles. The molecule has 7 heteroatoms. The van der Waals surface area contributed by atoms with Gasteiger partial charge in [-0.05, 0) is 32.1 Å². The number of urea groups is 1. The van der Waals surface area contributed by atoms with Crippen molar-refractivity contribution in [1.82, 2.24) is 20.2 Å². The maximum Gasteiger partial charge on any atom is 0.315 e. The highest BCUT2D eigenvalue weighted by molar-refractivity contribution is 5.75. The average Bonchev–Trinajstić information content (AvgIpc) is 2.58. The third kappa shape index (κ3) is 3.96. The van der Waals surface area contributed by atoms with Gasteiger partial charge in [0.25, 0.3) is 5.56 Å². The number of aryl methyl sites for hydroxylation is 1. The van der Waals surface area contributed by atoms with Crippen LogP contribution in [0.15, 0.2) is 29.3 Å². The van der Waals surface area contributed by atoms with E-state index < -0.39 is 0 Å². The minimum Gasteiger partial charge on any atom is -0.350 e.